The number of nitrogens with zero attached hydrogens (tertiary/aromatic N) is 2. The van der Waals surface area contributed by atoms with Crippen LogP contribution in [-0.2, 0) is 14.8 Å². The molecule has 28 heavy (non-hydrogen) atoms. The molecule has 10 heteroatoms. The van der Waals surface area contributed by atoms with Crippen molar-refractivity contribution in [2.75, 3.05) is 46.1 Å². The summed E-state index contributed by atoms with van der Waals surface area (Å²) in [4.78, 5) is 28.3. The maximum Gasteiger partial charge on any atom is 0.257 e. The molecule has 0 aliphatic carbocycles. The summed E-state index contributed by atoms with van der Waals surface area (Å²) in [6.07, 6.45) is 2.98. The number of carbonyl (C=O) groups excluding carboxylic acids is 2. The number of amides is 2. The van der Waals surface area contributed by atoms with Gasteiger partial charge in [0.05, 0.1) is 25.0 Å². The van der Waals surface area contributed by atoms with Gasteiger partial charge < -0.3 is 14.5 Å². The Hall–Kier alpha value is -1.84. The van der Waals surface area contributed by atoms with Crippen LogP contribution >= 0.6 is 11.6 Å². The molecule has 0 fully saturated rings. The van der Waals surface area contributed by atoms with Crippen molar-refractivity contribution in [2.24, 2.45) is 0 Å². The minimum Gasteiger partial charge on any atom is -0.493 e. The second-order valence-electron chi connectivity index (χ2n) is 6.75. The maximum absolute atomic E-state index is 12.7. The molecule has 0 atom stereocenters. The number of sulfonamides is 1. The maximum atomic E-state index is 12.7. The van der Waals surface area contributed by atoms with Gasteiger partial charge >= 0.3 is 0 Å². The van der Waals surface area contributed by atoms with Gasteiger partial charge in [0.2, 0.25) is 15.9 Å². The summed E-state index contributed by atoms with van der Waals surface area (Å²) < 4.78 is 30.4. The van der Waals surface area contributed by atoms with E-state index in [0.717, 1.165) is 6.26 Å². The summed E-state index contributed by atoms with van der Waals surface area (Å²) in [6.45, 7) is 1.50. The zero-order valence-electron chi connectivity index (χ0n) is 16.1. The highest BCUT2D eigenvalue weighted by Crippen LogP contribution is 2.24. The average molecular weight is 432 g/mol. The van der Waals surface area contributed by atoms with Crippen molar-refractivity contribution in [3.63, 3.8) is 0 Å². The lowest BCUT2D eigenvalue weighted by molar-refractivity contribution is -0.130. The molecule has 0 radical (unpaired) electrons. The van der Waals surface area contributed by atoms with E-state index < -0.39 is 10.0 Å². The fourth-order valence-electron chi connectivity index (χ4n) is 2.86. The first kappa shape index (κ1) is 22.4. The molecule has 0 saturated carbocycles. The highest BCUT2D eigenvalue weighted by Gasteiger charge is 2.20. The van der Waals surface area contributed by atoms with Crippen LogP contribution in [0.3, 0.4) is 0 Å². The van der Waals surface area contributed by atoms with Crippen LogP contribution in [0, 0.1) is 0 Å². The number of nitrogens with one attached hydrogen (secondary N) is 1. The number of fused-ring (bicyclic) bond motifs is 1. The Morgan fingerprint density at radius 3 is 2.61 bits per heavy atom. The van der Waals surface area contributed by atoms with E-state index in [9.17, 15) is 18.0 Å². The molecule has 0 unspecified atom stereocenters. The van der Waals surface area contributed by atoms with Gasteiger partial charge in [-0.05, 0) is 37.5 Å². The Labute approximate surface area is 170 Å². The van der Waals surface area contributed by atoms with Crippen LogP contribution in [-0.4, -0.2) is 76.1 Å². The molecule has 156 valence electrons. The zero-order valence-corrected chi connectivity index (χ0v) is 17.7. The van der Waals surface area contributed by atoms with Crippen LogP contribution < -0.4 is 9.46 Å². The summed E-state index contributed by atoms with van der Waals surface area (Å²) >= 11 is 6.04. The molecule has 0 bridgehead atoms. The normalized spacial score (nSPS) is 17.0. The summed E-state index contributed by atoms with van der Waals surface area (Å²) in [5, 5.41) is 0.462. The predicted molar refractivity (Wildman–Crippen MR) is 107 cm³/mol. The first-order chi connectivity index (χ1) is 13.2. The fourth-order valence-corrected chi connectivity index (χ4v) is 3.42. The van der Waals surface area contributed by atoms with E-state index in [4.69, 9.17) is 16.3 Å². The highest BCUT2D eigenvalue weighted by molar-refractivity contribution is 7.88. The predicted octanol–water partition coefficient (Wildman–Crippen LogP) is 1.35. The summed E-state index contributed by atoms with van der Waals surface area (Å²) in [6, 6.07) is 4.93. The summed E-state index contributed by atoms with van der Waals surface area (Å²) in [5.74, 6) is 0.0102. The van der Waals surface area contributed by atoms with Gasteiger partial charge in [-0.1, -0.05) is 11.6 Å². The third-order valence-corrected chi connectivity index (χ3v) is 5.26. The van der Waals surface area contributed by atoms with Crippen LogP contribution in [0.2, 0.25) is 5.02 Å². The minimum absolute atomic E-state index is 0.165. The monoisotopic (exact) mass is 431 g/mol. The number of carbonyl (C=O) groups is 2. The van der Waals surface area contributed by atoms with Crippen LogP contribution in [0.4, 0.5) is 0 Å². The summed E-state index contributed by atoms with van der Waals surface area (Å²) in [5.41, 5.74) is 0.416. The van der Waals surface area contributed by atoms with E-state index in [1.54, 1.807) is 35.0 Å². The third kappa shape index (κ3) is 6.96. The first-order valence-electron chi connectivity index (χ1n) is 9.07. The Morgan fingerprint density at radius 2 is 1.89 bits per heavy atom. The lowest BCUT2D eigenvalue weighted by Crippen LogP contribution is -2.41. The molecule has 8 nitrogen and oxygen atoms in total. The van der Waals surface area contributed by atoms with Gasteiger partial charge in [0.25, 0.3) is 5.91 Å². The molecule has 0 spiro atoms. The van der Waals surface area contributed by atoms with Crippen molar-refractivity contribution >= 4 is 33.4 Å². The van der Waals surface area contributed by atoms with Gasteiger partial charge in [-0.3, -0.25) is 9.59 Å². The van der Waals surface area contributed by atoms with E-state index in [2.05, 4.69) is 4.72 Å². The Bertz CT molecular complexity index is 815. The largest absolute Gasteiger partial charge is 0.493 e. The van der Waals surface area contributed by atoms with Crippen molar-refractivity contribution < 1.29 is 22.7 Å². The van der Waals surface area contributed by atoms with Gasteiger partial charge in [0.1, 0.15) is 5.75 Å². The van der Waals surface area contributed by atoms with E-state index >= 15 is 0 Å². The van der Waals surface area contributed by atoms with Crippen molar-refractivity contribution in [1.82, 2.24) is 14.5 Å². The highest BCUT2D eigenvalue weighted by atomic mass is 35.5. The first-order valence-corrected chi connectivity index (χ1v) is 11.3. The smallest absolute Gasteiger partial charge is 0.257 e. The molecular formula is C18H26ClN3O5S. The Kier molecular flexibility index (Phi) is 8.09. The van der Waals surface area contributed by atoms with Gasteiger partial charge in [0.15, 0.2) is 0 Å². The molecule has 0 aromatic heterocycles. The van der Waals surface area contributed by atoms with Crippen LogP contribution in [0.5, 0.6) is 5.75 Å². The number of rotatable bonds is 3. The fraction of sp³-hybridized carbons (Fsp3) is 0.556. The minimum atomic E-state index is -3.43. The van der Waals surface area contributed by atoms with Gasteiger partial charge in [-0.15, -0.1) is 0 Å². The number of hydrogen-bond donors (Lipinski definition) is 1. The Balaban J connectivity index is 2.09. The molecule has 1 heterocycles. The quantitative estimate of drug-likeness (QED) is 0.779. The zero-order chi connectivity index (χ0) is 20.7. The second-order valence-corrected chi connectivity index (χ2v) is 9.02. The summed E-state index contributed by atoms with van der Waals surface area (Å²) in [7, 11) is -1.72. The van der Waals surface area contributed by atoms with Gasteiger partial charge in [-0.25, -0.2) is 13.1 Å². The lowest BCUT2D eigenvalue weighted by atomic mass is 10.1. The van der Waals surface area contributed by atoms with E-state index in [1.807, 2.05) is 0 Å². The molecule has 0 saturated heterocycles. The van der Waals surface area contributed by atoms with E-state index in [-0.39, 0.29) is 18.4 Å². The van der Waals surface area contributed by atoms with Crippen LogP contribution in [0.1, 0.15) is 29.6 Å². The van der Waals surface area contributed by atoms with Crippen LogP contribution in [0.25, 0.3) is 0 Å². The molecule has 1 aromatic carbocycles. The van der Waals surface area contributed by atoms with E-state index in [1.165, 1.54) is 0 Å². The lowest BCUT2D eigenvalue weighted by Gasteiger charge is -2.23. The van der Waals surface area contributed by atoms with Gasteiger partial charge in [0, 0.05) is 31.7 Å². The Morgan fingerprint density at radius 1 is 1.21 bits per heavy atom. The SMILES string of the molecule is CN1CCCCN(C(=O)CNS(C)(=O)=O)CCCOc2ccc(Cl)cc2C1=O. The molecule has 1 N–H and O–H groups in total. The number of ether oxygens (including phenoxy) is 1. The standard InChI is InChI=1S/C18H26ClN3O5S/c1-21-8-3-4-9-22(17(23)13-20-28(2,25)26)10-5-11-27-16-7-6-14(19)12-15(16)18(21)24/h6-7,12,20H,3-5,8-11,13H2,1-2H3. The third-order valence-electron chi connectivity index (χ3n) is 4.36. The topological polar surface area (TPSA) is 96.0 Å². The molecule has 1 aliphatic rings. The molecule has 1 aliphatic heterocycles. The molecule has 2 rings (SSSR count). The van der Waals surface area contributed by atoms with Crippen molar-refractivity contribution in [3.05, 3.63) is 28.8 Å². The average Bonchev–Trinajstić information content (AvgIpc) is 2.64. The molecule has 2 amide bonds. The van der Waals surface area contributed by atoms with Gasteiger partial charge in [-0.2, -0.15) is 0 Å². The van der Waals surface area contributed by atoms with Crippen molar-refractivity contribution in [1.29, 1.82) is 0 Å². The van der Waals surface area contributed by atoms with Crippen molar-refractivity contribution in [3.8, 4) is 5.75 Å². The second kappa shape index (κ2) is 10.1. The van der Waals surface area contributed by atoms with Crippen molar-refractivity contribution in [2.45, 2.75) is 19.3 Å². The van der Waals surface area contributed by atoms with E-state index in [0.29, 0.717) is 61.8 Å². The number of hydrogen-bond acceptors (Lipinski definition) is 5. The van der Waals surface area contributed by atoms with Crippen LogP contribution in [0.15, 0.2) is 18.2 Å². The molecule has 1 aromatic rings. The number of halogens is 1. The molecular weight excluding hydrogens is 406 g/mol. The number of benzene rings is 1.